The van der Waals surface area contributed by atoms with Crippen molar-refractivity contribution in [3.05, 3.63) is 59.9 Å². The van der Waals surface area contributed by atoms with Gasteiger partial charge in [-0.1, -0.05) is 6.42 Å². The van der Waals surface area contributed by atoms with Gasteiger partial charge in [-0.05, 0) is 61.4 Å². The summed E-state index contributed by atoms with van der Waals surface area (Å²) in [5.74, 6) is 1.54. The molecule has 2 aromatic carbocycles. The third-order valence-corrected chi connectivity index (χ3v) is 4.85. The summed E-state index contributed by atoms with van der Waals surface area (Å²) in [5, 5.41) is 11.4. The van der Waals surface area contributed by atoms with Gasteiger partial charge in [-0.3, -0.25) is 4.79 Å². The minimum atomic E-state index is -2.89. The molecule has 1 aromatic heterocycles. The van der Waals surface area contributed by atoms with E-state index in [4.69, 9.17) is 0 Å². The van der Waals surface area contributed by atoms with Crippen molar-refractivity contribution in [1.82, 2.24) is 14.8 Å². The number of amides is 1. The predicted molar refractivity (Wildman–Crippen MR) is 104 cm³/mol. The summed E-state index contributed by atoms with van der Waals surface area (Å²) in [6, 6.07) is 13.0. The number of alkyl halides is 2. The topological polar surface area (TPSA) is 69.0 Å². The smallest absolute Gasteiger partial charge is 0.387 e. The van der Waals surface area contributed by atoms with Crippen LogP contribution in [0.1, 0.15) is 35.4 Å². The molecule has 6 nitrogen and oxygen atoms in total. The first-order chi connectivity index (χ1) is 14.1. The number of nitrogens with one attached hydrogen (secondary N) is 1. The van der Waals surface area contributed by atoms with Crippen LogP contribution in [0.3, 0.4) is 0 Å². The van der Waals surface area contributed by atoms with Crippen LogP contribution in [0.5, 0.6) is 5.75 Å². The molecule has 0 radical (unpaired) electrons. The van der Waals surface area contributed by atoms with Gasteiger partial charge >= 0.3 is 6.61 Å². The van der Waals surface area contributed by atoms with E-state index < -0.39 is 6.61 Å². The van der Waals surface area contributed by atoms with Crippen LogP contribution >= 0.6 is 0 Å². The summed E-state index contributed by atoms with van der Waals surface area (Å²) >= 11 is 0. The Morgan fingerprint density at radius 1 is 1.00 bits per heavy atom. The molecule has 1 aliphatic heterocycles. The van der Waals surface area contributed by atoms with Gasteiger partial charge in [0.05, 0.1) is 0 Å². The quantitative estimate of drug-likeness (QED) is 0.686. The lowest BCUT2D eigenvalue weighted by atomic mass is 10.1. The molecule has 1 aliphatic rings. The van der Waals surface area contributed by atoms with E-state index >= 15 is 0 Å². The Bertz CT molecular complexity index is 985. The van der Waals surface area contributed by atoms with Crippen molar-refractivity contribution >= 4 is 11.6 Å². The van der Waals surface area contributed by atoms with Crippen LogP contribution in [0.15, 0.2) is 48.5 Å². The zero-order valence-electron chi connectivity index (χ0n) is 15.6. The monoisotopic (exact) mass is 398 g/mol. The summed E-state index contributed by atoms with van der Waals surface area (Å²) < 4.78 is 30.9. The van der Waals surface area contributed by atoms with E-state index in [0.717, 1.165) is 43.0 Å². The molecule has 0 unspecified atom stereocenters. The maximum atomic E-state index is 12.4. The molecule has 0 bridgehead atoms. The van der Waals surface area contributed by atoms with Crippen LogP contribution in [0.4, 0.5) is 14.5 Å². The number of carbonyl (C=O) groups excluding carboxylic acids is 1. The fourth-order valence-electron chi connectivity index (χ4n) is 3.39. The van der Waals surface area contributed by atoms with Crippen molar-refractivity contribution in [1.29, 1.82) is 0 Å². The minimum absolute atomic E-state index is 0.00772. The van der Waals surface area contributed by atoms with E-state index in [9.17, 15) is 13.6 Å². The molecule has 150 valence electrons. The first kappa shape index (κ1) is 19.0. The number of hydrogen-bond donors (Lipinski definition) is 1. The fraction of sp³-hybridized carbons (Fsp3) is 0.286. The lowest BCUT2D eigenvalue weighted by molar-refractivity contribution is -0.0498. The van der Waals surface area contributed by atoms with Gasteiger partial charge in [-0.2, -0.15) is 8.78 Å². The Morgan fingerprint density at radius 2 is 1.76 bits per heavy atom. The Labute approximate surface area is 166 Å². The molecule has 1 N–H and O–H groups in total. The molecule has 0 aliphatic carbocycles. The molecule has 2 heterocycles. The molecule has 4 rings (SSSR count). The lowest BCUT2D eigenvalue weighted by Gasteiger charge is -2.09. The Morgan fingerprint density at radius 3 is 2.48 bits per heavy atom. The van der Waals surface area contributed by atoms with E-state index in [1.807, 2.05) is 12.1 Å². The number of anilines is 1. The summed E-state index contributed by atoms with van der Waals surface area (Å²) in [6.07, 6.45) is 4.40. The molecular weight excluding hydrogens is 378 g/mol. The van der Waals surface area contributed by atoms with E-state index in [-0.39, 0.29) is 11.7 Å². The van der Waals surface area contributed by atoms with Crippen molar-refractivity contribution < 1.29 is 18.3 Å². The van der Waals surface area contributed by atoms with Gasteiger partial charge in [0.2, 0.25) is 0 Å². The highest BCUT2D eigenvalue weighted by molar-refractivity contribution is 6.04. The van der Waals surface area contributed by atoms with Gasteiger partial charge in [0.25, 0.3) is 5.91 Å². The molecule has 29 heavy (non-hydrogen) atoms. The van der Waals surface area contributed by atoms with Crippen LogP contribution in [0.2, 0.25) is 0 Å². The molecule has 0 atom stereocenters. The number of ether oxygens (including phenoxy) is 1. The Balaban J connectivity index is 1.45. The number of halogens is 2. The highest BCUT2D eigenvalue weighted by Gasteiger charge is 2.16. The second kappa shape index (κ2) is 8.38. The molecule has 1 amide bonds. The van der Waals surface area contributed by atoms with Crippen molar-refractivity contribution in [3.63, 3.8) is 0 Å². The standard InChI is InChI=1S/C21H20F2N4O2/c22-21(23)29-17-11-7-15(8-12-17)20(28)24-16-9-5-14(6-10-16)19-26-25-18-4-2-1-3-13-27(18)19/h5-12,21H,1-4,13H2,(H,24,28). The maximum absolute atomic E-state index is 12.4. The maximum Gasteiger partial charge on any atom is 0.387 e. The first-order valence-corrected chi connectivity index (χ1v) is 9.49. The first-order valence-electron chi connectivity index (χ1n) is 9.49. The zero-order chi connectivity index (χ0) is 20.2. The highest BCUT2D eigenvalue weighted by Crippen LogP contribution is 2.24. The number of nitrogens with zero attached hydrogens (tertiary/aromatic N) is 3. The summed E-state index contributed by atoms with van der Waals surface area (Å²) in [5.41, 5.74) is 1.91. The normalized spacial score (nSPS) is 13.6. The zero-order valence-corrected chi connectivity index (χ0v) is 15.6. The summed E-state index contributed by atoms with van der Waals surface area (Å²) in [6.45, 7) is -1.98. The number of fused-ring (bicyclic) bond motifs is 1. The van der Waals surface area contributed by atoms with E-state index in [1.165, 1.54) is 30.7 Å². The van der Waals surface area contributed by atoms with Crippen molar-refractivity contribution in [2.45, 2.75) is 38.8 Å². The van der Waals surface area contributed by atoms with Crippen LogP contribution in [0, 0.1) is 0 Å². The molecule has 0 saturated heterocycles. The minimum Gasteiger partial charge on any atom is -0.435 e. The molecule has 0 fully saturated rings. The predicted octanol–water partition coefficient (Wildman–Crippen LogP) is 4.53. The third kappa shape index (κ3) is 4.42. The number of carbonyl (C=O) groups is 1. The Hall–Kier alpha value is -3.29. The van der Waals surface area contributed by atoms with E-state index in [0.29, 0.717) is 11.3 Å². The number of benzene rings is 2. The molecule has 8 heteroatoms. The van der Waals surface area contributed by atoms with Gasteiger partial charge < -0.3 is 14.6 Å². The molecular formula is C21H20F2N4O2. The van der Waals surface area contributed by atoms with Gasteiger partial charge in [0, 0.05) is 29.8 Å². The van der Waals surface area contributed by atoms with Crippen LogP contribution < -0.4 is 10.1 Å². The second-order valence-corrected chi connectivity index (χ2v) is 6.84. The fourth-order valence-corrected chi connectivity index (χ4v) is 3.39. The van der Waals surface area contributed by atoms with Crippen molar-refractivity contribution in [2.75, 3.05) is 5.32 Å². The number of aromatic nitrogens is 3. The molecule has 0 saturated carbocycles. The van der Waals surface area contributed by atoms with E-state index in [2.05, 4.69) is 24.8 Å². The lowest BCUT2D eigenvalue weighted by Crippen LogP contribution is -2.12. The number of aryl methyl sites for hydroxylation is 1. The van der Waals surface area contributed by atoms with Crippen molar-refractivity contribution in [2.24, 2.45) is 0 Å². The SMILES string of the molecule is O=C(Nc1ccc(-c2nnc3n2CCCCC3)cc1)c1ccc(OC(F)F)cc1. The second-order valence-electron chi connectivity index (χ2n) is 6.84. The summed E-state index contributed by atoms with van der Waals surface area (Å²) in [7, 11) is 0. The molecule has 3 aromatic rings. The van der Waals surface area contributed by atoms with E-state index in [1.54, 1.807) is 12.1 Å². The van der Waals surface area contributed by atoms with Crippen LogP contribution in [-0.2, 0) is 13.0 Å². The highest BCUT2D eigenvalue weighted by atomic mass is 19.3. The summed E-state index contributed by atoms with van der Waals surface area (Å²) in [4.78, 5) is 12.4. The molecule has 0 spiro atoms. The number of rotatable bonds is 5. The largest absolute Gasteiger partial charge is 0.435 e. The van der Waals surface area contributed by atoms with Gasteiger partial charge in [0.1, 0.15) is 11.6 Å². The van der Waals surface area contributed by atoms with Crippen LogP contribution in [-0.4, -0.2) is 27.3 Å². The Kier molecular flexibility index (Phi) is 5.50. The van der Waals surface area contributed by atoms with Gasteiger partial charge in [-0.25, -0.2) is 0 Å². The number of hydrogen-bond acceptors (Lipinski definition) is 4. The van der Waals surface area contributed by atoms with Gasteiger partial charge in [0.15, 0.2) is 5.82 Å². The van der Waals surface area contributed by atoms with Crippen LogP contribution in [0.25, 0.3) is 11.4 Å². The van der Waals surface area contributed by atoms with Crippen molar-refractivity contribution in [3.8, 4) is 17.1 Å². The third-order valence-electron chi connectivity index (χ3n) is 4.85. The average Bonchev–Trinajstić information content (AvgIpc) is 2.97. The van der Waals surface area contributed by atoms with Gasteiger partial charge in [-0.15, -0.1) is 10.2 Å². The average molecular weight is 398 g/mol.